The largest absolute Gasteiger partial charge is 0.383 e. The molecule has 22 heavy (non-hydrogen) atoms. The minimum Gasteiger partial charge on any atom is -0.383 e. The number of methoxy groups -OCH3 is 1. The van der Waals surface area contributed by atoms with Crippen LogP contribution in [0.25, 0.3) is 10.9 Å². The van der Waals surface area contributed by atoms with Gasteiger partial charge in [-0.1, -0.05) is 26.8 Å². The second-order valence-electron chi connectivity index (χ2n) is 6.94. The van der Waals surface area contributed by atoms with Crippen molar-refractivity contribution in [3.63, 3.8) is 0 Å². The fraction of sp³-hybridized carbons (Fsp3) is 0.600. The Hall–Kier alpha value is -1.28. The highest BCUT2D eigenvalue weighted by Gasteiger charge is 2.26. The van der Waals surface area contributed by atoms with Gasteiger partial charge in [0.25, 0.3) is 0 Å². The molecule has 0 radical (unpaired) electrons. The Balaban J connectivity index is 2.20. The molecule has 2 aromatic rings. The lowest BCUT2D eigenvalue weighted by atomic mass is 9.85. The number of benzene rings is 1. The van der Waals surface area contributed by atoms with Gasteiger partial charge in [0.05, 0.1) is 6.61 Å². The monoisotopic (exact) mass is 299 g/mol. The molecule has 1 aliphatic carbocycles. The Labute approximate surface area is 134 Å². The molecule has 0 fully saturated rings. The molecule has 0 spiro atoms. The summed E-state index contributed by atoms with van der Waals surface area (Å²) in [6.07, 6.45) is 5.15. The Morgan fingerprint density at radius 2 is 2.14 bits per heavy atom. The highest BCUT2D eigenvalue weighted by atomic mass is 16.5. The maximum Gasteiger partial charge on any atom is 0.0642 e. The van der Waals surface area contributed by atoms with Gasteiger partial charge < -0.3 is 9.30 Å². The van der Waals surface area contributed by atoms with Crippen molar-refractivity contribution >= 4 is 10.9 Å². The summed E-state index contributed by atoms with van der Waals surface area (Å²) < 4.78 is 7.91. The van der Waals surface area contributed by atoms with E-state index in [0.29, 0.717) is 5.92 Å². The predicted octanol–water partition coefficient (Wildman–Crippen LogP) is 5.24. The topological polar surface area (TPSA) is 14.2 Å². The summed E-state index contributed by atoms with van der Waals surface area (Å²) in [5, 5.41) is 1.50. The van der Waals surface area contributed by atoms with Crippen LogP contribution >= 0.6 is 0 Å². The Morgan fingerprint density at radius 3 is 2.82 bits per heavy atom. The third-order valence-corrected chi connectivity index (χ3v) is 5.28. The number of nitrogens with zero attached hydrogens (tertiary/aromatic N) is 1. The molecule has 1 aromatic heterocycles. The van der Waals surface area contributed by atoms with E-state index in [0.717, 1.165) is 19.1 Å². The average molecular weight is 299 g/mol. The van der Waals surface area contributed by atoms with Gasteiger partial charge in [-0.15, -0.1) is 0 Å². The molecule has 3 rings (SSSR count). The fourth-order valence-corrected chi connectivity index (χ4v) is 4.03. The van der Waals surface area contributed by atoms with Gasteiger partial charge in [-0.2, -0.15) is 0 Å². The van der Waals surface area contributed by atoms with Crippen LogP contribution in [0.3, 0.4) is 0 Å². The number of ether oxygens (including phenoxy) is 1. The lowest BCUT2D eigenvalue weighted by Crippen LogP contribution is -2.15. The molecular formula is C20H29NO. The molecule has 0 amide bonds. The number of aromatic nitrogens is 1. The van der Waals surface area contributed by atoms with Crippen LogP contribution in [0.2, 0.25) is 0 Å². The normalized spacial score (nSPS) is 18.1. The first kappa shape index (κ1) is 15.6. The number of hydrogen-bond donors (Lipinski definition) is 0. The molecule has 1 heterocycles. The highest BCUT2D eigenvalue weighted by molar-refractivity contribution is 5.87. The number of hydrogen-bond acceptors (Lipinski definition) is 1. The van der Waals surface area contributed by atoms with Crippen LogP contribution in [0.1, 0.15) is 68.7 Å². The molecule has 1 aliphatic rings. The van der Waals surface area contributed by atoms with E-state index in [1.807, 2.05) is 0 Å². The minimum atomic E-state index is 0.591. The van der Waals surface area contributed by atoms with E-state index in [-0.39, 0.29) is 0 Å². The molecule has 120 valence electrons. The van der Waals surface area contributed by atoms with Crippen molar-refractivity contribution in [1.82, 2.24) is 4.57 Å². The summed E-state index contributed by atoms with van der Waals surface area (Å²) in [5.41, 5.74) is 6.08. The van der Waals surface area contributed by atoms with Crippen molar-refractivity contribution in [2.45, 2.75) is 64.8 Å². The predicted molar refractivity (Wildman–Crippen MR) is 93.9 cm³/mol. The van der Waals surface area contributed by atoms with Crippen molar-refractivity contribution in [3.8, 4) is 0 Å². The first-order valence-electron chi connectivity index (χ1n) is 8.81. The Morgan fingerprint density at radius 1 is 1.32 bits per heavy atom. The quantitative estimate of drug-likeness (QED) is 0.736. The van der Waals surface area contributed by atoms with Crippen LogP contribution in [0, 0.1) is 0 Å². The van der Waals surface area contributed by atoms with E-state index in [2.05, 4.69) is 43.5 Å². The number of fused-ring (bicyclic) bond motifs is 3. The first-order chi connectivity index (χ1) is 10.7. The summed E-state index contributed by atoms with van der Waals surface area (Å²) in [7, 11) is 1.80. The van der Waals surface area contributed by atoms with Crippen molar-refractivity contribution < 1.29 is 4.74 Å². The second kappa shape index (κ2) is 6.45. The van der Waals surface area contributed by atoms with Gasteiger partial charge in [0, 0.05) is 30.3 Å². The van der Waals surface area contributed by atoms with Gasteiger partial charge >= 0.3 is 0 Å². The molecule has 1 unspecified atom stereocenters. The van der Waals surface area contributed by atoms with E-state index in [1.54, 1.807) is 18.4 Å². The van der Waals surface area contributed by atoms with Crippen molar-refractivity contribution in [2.75, 3.05) is 13.7 Å². The average Bonchev–Trinajstić information content (AvgIpc) is 2.86. The van der Waals surface area contributed by atoms with Gasteiger partial charge in [0.2, 0.25) is 0 Å². The maximum absolute atomic E-state index is 5.37. The van der Waals surface area contributed by atoms with E-state index in [9.17, 15) is 0 Å². The molecule has 0 saturated carbocycles. The van der Waals surface area contributed by atoms with Crippen molar-refractivity contribution in [2.24, 2.45) is 0 Å². The minimum absolute atomic E-state index is 0.591. The zero-order chi connectivity index (χ0) is 15.7. The fourth-order valence-electron chi connectivity index (χ4n) is 4.03. The van der Waals surface area contributed by atoms with Gasteiger partial charge in [0.15, 0.2) is 0 Å². The molecular weight excluding hydrogens is 270 g/mol. The van der Waals surface area contributed by atoms with E-state index >= 15 is 0 Å². The van der Waals surface area contributed by atoms with Gasteiger partial charge in [0.1, 0.15) is 0 Å². The van der Waals surface area contributed by atoms with Gasteiger partial charge in [-0.05, 0) is 60.8 Å². The van der Waals surface area contributed by atoms with Gasteiger partial charge in [-0.3, -0.25) is 0 Å². The molecule has 0 N–H and O–H groups in total. The maximum atomic E-state index is 5.37. The van der Waals surface area contributed by atoms with Crippen LogP contribution in [0.15, 0.2) is 18.2 Å². The summed E-state index contributed by atoms with van der Waals surface area (Å²) in [5.74, 6) is 1.31. The first-order valence-corrected chi connectivity index (χ1v) is 8.81. The zero-order valence-corrected chi connectivity index (χ0v) is 14.5. The molecule has 2 nitrogen and oxygen atoms in total. The van der Waals surface area contributed by atoms with Gasteiger partial charge in [-0.25, -0.2) is 0 Å². The third-order valence-electron chi connectivity index (χ3n) is 5.28. The van der Waals surface area contributed by atoms with Crippen molar-refractivity contribution in [3.05, 3.63) is 35.0 Å². The molecule has 0 saturated heterocycles. The lowest BCUT2D eigenvalue weighted by molar-refractivity contribution is 0.187. The smallest absolute Gasteiger partial charge is 0.0642 e. The number of rotatable bonds is 5. The molecule has 1 atom stereocenters. The molecule has 1 aromatic carbocycles. The lowest BCUT2D eigenvalue weighted by Gasteiger charge is -2.24. The number of aryl methyl sites for hydroxylation is 1. The SMILES string of the molecule is CCC1CCCc2c1n(CCOC)c1ccc(C(C)C)cc21. The summed E-state index contributed by atoms with van der Waals surface area (Å²) in [4.78, 5) is 0. The second-order valence-corrected chi connectivity index (χ2v) is 6.94. The highest BCUT2D eigenvalue weighted by Crippen LogP contribution is 2.40. The van der Waals surface area contributed by atoms with Crippen LogP contribution in [0.4, 0.5) is 0 Å². The van der Waals surface area contributed by atoms with E-state index in [4.69, 9.17) is 4.74 Å². The molecule has 0 bridgehead atoms. The summed E-state index contributed by atoms with van der Waals surface area (Å²) in [6, 6.07) is 7.09. The zero-order valence-electron chi connectivity index (χ0n) is 14.5. The van der Waals surface area contributed by atoms with Crippen molar-refractivity contribution in [1.29, 1.82) is 0 Å². The summed E-state index contributed by atoms with van der Waals surface area (Å²) >= 11 is 0. The Bertz CT molecular complexity index is 653. The van der Waals surface area contributed by atoms with Crippen LogP contribution < -0.4 is 0 Å². The van der Waals surface area contributed by atoms with E-state index in [1.165, 1.54) is 42.1 Å². The molecule has 2 heteroatoms. The van der Waals surface area contributed by atoms with E-state index < -0.39 is 0 Å². The van der Waals surface area contributed by atoms with Crippen LogP contribution in [-0.4, -0.2) is 18.3 Å². The summed E-state index contributed by atoms with van der Waals surface area (Å²) in [6.45, 7) is 8.66. The Kier molecular flexibility index (Phi) is 4.58. The third kappa shape index (κ3) is 2.58. The van der Waals surface area contributed by atoms with Crippen LogP contribution in [0.5, 0.6) is 0 Å². The molecule has 0 aliphatic heterocycles. The standard InChI is InChI=1S/C20H29NO/c1-5-15-7-6-8-17-18-13-16(14(2)3)9-10-19(18)21(20(15)17)11-12-22-4/h9-10,13-15H,5-8,11-12H2,1-4H3. The van der Waals surface area contributed by atoms with Crippen LogP contribution in [-0.2, 0) is 17.7 Å².